The summed E-state index contributed by atoms with van der Waals surface area (Å²) < 4.78 is 17.5. The number of hydrogen-bond acceptors (Lipinski definition) is 9. The van der Waals surface area contributed by atoms with Crippen LogP contribution in [-0.4, -0.2) is 83.4 Å². The Morgan fingerprint density at radius 3 is 2.17 bits per heavy atom. The highest BCUT2D eigenvalue weighted by Crippen LogP contribution is 2.32. The highest BCUT2D eigenvalue weighted by atomic mass is 35.5. The standard InChI is InChI=1S/C38H47ClN6O7/c1-37(2,3)51-35(48)41-25-15-18-45(23-25)26-12-13-29(31(21-26)50-27-16-19-44(20-17-27)36(49)52-38(4,5)6)34(47)42-30-10-8-7-9-28(30)33(46)43-32-14-11-24(39)22-40-32/h7-14,21-22,25,27H,15-20,23H2,1-6H3,(H,41,48)(H,42,47)(H,40,43,46)/t25-/m0/s1. The summed E-state index contributed by atoms with van der Waals surface area (Å²) in [6.45, 7) is 13.1. The van der Waals surface area contributed by atoms with Crippen molar-refractivity contribution in [3.05, 3.63) is 76.9 Å². The van der Waals surface area contributed by atoms with Gasteiger partial charge in [-0.05, 0) is 84.4 Å². The van der Waals surface area contributed by atoms with Crippen molar-refractivity contribution in [1.29, 1.82) is 0 Å². The van der Waals surface area contributed by atoms with Gasteiger partial charge in [0.05, 0.1) is 27.9 Å². The minimum absolute atomic E-state index is 0.120. The predicted molar refractivity (Wildman–Crippen MR) is 199 cm³/mol. The Morgan fingerprint density at radius 1 is 0.808 bits per heavy atom. The monoisotopic (exact) mass is 734 g/mol. The summed E-state index contributed by atoms with van der Waals surface area (Å²) in [6.07, 6.45) is 2.11. The summed E-state index contributed by atoms with van der Waals surface area (Å²) in [4.78, 5) is 60.2. The van der Waals surface area contributed by atoms with Crippen molar-refractivity contribution in [2.24, 2.45) is 0 Å². The van der Waals surface area contributed by atoms with E-state index in [1.54, 1.807) is 47.4 Å². The number of benzene rings is 2. The Morgan fingerprint density at radius 2 is 1.50 bits per heavy atom. The Bertz CT molecular complexity index is 1760. The zero-order chi connectivity index (χ0) is 37.6. The molecule has 0 saturated carbocycles. The third-order valence-corrected chi connectivity index (χ3v) is 8.48. The second-order valence-corrected chi connectivity index (χ2v) is 15.3. The lowest BCUT2D eigenvalue weighted by atomic mass is 10.1. The molecule has 4 amide bonds. The Hall–Kier alpha value is -5.04. The van der Waals surface area contributed by atoms with E-state index in [0.29, 0.717) is 67.7 Å². The number of carbonyl (C=O) groups is 4. The third-order valence-electron chi connectivity index (χ3n) is 8.26. The number of amides is 4. The number of hydrogen-bond donors (Lipinski definition) is 3. The molecule has 13 nitrogen and oxygen atoms in total. The van der Waals surface area contributed by atoms with Crippen molar-refractivity contribution in [3.63, 3.8) is 0 Å². The van der Waals surface area contributed by atoms with Gasteiger partial charge in [-0.3, -0.25) is 9.59 Å². The number of nitrogens with one attached hydrogen (secondary N) is 3. The van der Waals surface area contributed by atoms with Crippen LogP contribution < -0.4 is 25.6 Å². The van der Waals surface area contributed by atoms with Crippen molar-refractivity contribution < 1.29 is 33.4 Å². The zero-order valence-electron chi connectivity index (χ0n) is 30.5. The molecule has 14 heteroatoms. The zero-order valence-corrected chi connectivity index (χ0v) is 31.2. The van der Waals surface area contributed by atoms with Gasteiger partial charge >= 0.3 is 12.2 Å². The Balaban J connectivity index is 1.34. The van der Waals surface area contributed by atoms with Crippen LogP contribution in [0.15, 0.2) is 60.8 Å². The number of nitrogens with zero attached hydrogens (tertiary/aromatic N) is 3. The van der Waals surface area contributed by atoms with Crippen LogP contribution in [0.1, 0.15) is 81.5 Å². The van der Waals surface area contributed by atoms with Gasteiger partial charge < -0.3 is 40.0 Å². The molecule has 0 bridgehead atoms. The fraction of sp³-hybridized carbons (Fsp3) is 0.447. The summed E-state index contributed by atoms with van der Waals surface area (Å²) >= 11 is 5.93. The molecular weight excluding hydrogens is 688 g/mol. The molecule has 3 N–H and O–H groups in total. The van der Waals surface area contributed by atoms with Crippen LogP contribution in [-0.2, 0) is 9.47 Å². The molecule has 5 rings (SSSR count). The van der Waals surface area contributed by atoms with Crippen LogP contribution in [0.5, 0.6) is 5.75 Å². The molecule has 2 aromatic carbocycles. The molecule has 278 valence electrons. The number of halogens is 1. The van der Waals surface area contributed by atoms with Crippen LogP contribution in [0.25, 0.3) is 0 Å². The first-order chi connectivity index (χ1) is 24.5. The molecule has 3 heterocycles. The van der Waals surface area contributed by atoms with E-state index in [1.807, 2.05) is 53.7 Å². The number of piperidine rings is 1. The molecule has 1 aromatic heterocycles. The smallest absolute Gasteiger partial charge is 0.410 e. The van der Waals surface area contributed by atoms with Crippen molar-refractivity contribution in [2.45, 2.75) is 84.2 Å². The summed E-state index contributed by atoms with van der Waals surface area (Å²) in [5.41, 5.74) is 0.427. The first-order valence-corrected chi connectivity index (χ1v) is 17.8. The van der Waals surface area contributed by atoms with E-state index >= 15 is 0 Å². The van der Waals surface area contributed by atoms with Crippen molar-refractivity contribution in [3.8, 4) is 5.75 Å². The van der Waals surface area contributed by atoms with E-state index in [0.717, 1.165) is 5.69 Å². The van der Waals surface area contributed by atoms with Gasteiger partial charge in [-0.25, -0.2) is 14.6 Å². The second-order valence-electron chi connectivity index (χ2n) is 14.9. The van der Waals surface area contributed by atoms with Gasteiger partial charge in [-0.15, -0.1) is 0 Å². The van der Waals surface area contributed by atoms with E-state index in [2.05, 4.69) is 25.8 Å². The fourth-order valence-electron chi connectivity index (χ4n) is 5.86. The average molecular weight is 735 g/mol. The molecule has 2 fully saturated rings. The topological polar surface area (TPSA) is 151 Å². The number of anilines is 3. The quantitative estimate of drug-likeness (QED) is 0.220. The van der Waals surface area contributed by atoms with Crippen molar-refractivity contribution >= 4 is 52.8 Å². The number of aromatic nitrogens is 1. The molecule has 2 aliphatic rings. The van der Waals surface area contributed by atoms with E-state index in [1.165, 1.54) is 6.20 Å². The molecule has 2 saturated heterocycles. The van der Waals surface area contributed by atoms with Crippen LogP contribution in [0.2, 0.25) is 5.02 Å². The van der Waals surface area contributed by atoms with Gasteiger partial charge in [0.1, 0.15) is 28.9 Å². The van der Waals surface area contributed by atoms with Gasteiger partial charge in [0.15, 0.2) is 0 Å². The van der Waals surface area contributed by atoms with Crippen LogP contribution >= 0.6 is 11.6 Å². The Labute approximate surface area is 309 Å². The molecular formula is C38H47ClN6O7. The van der Waals surface area contributed by atoms with Gasteiger partial charge in [0.25, 0.3) is 11.8 Å². The lowest BCUT2D eigenvalue weighted by Gasteiger charge is -2.34. The summed E-state index contributed by atoms with van der Waals surface area (Å²) in [5, 5.41) is 9.01. The maximum Gasteiger partial charge on any atom is 0.410 e. The number of para-hydroxylation sites is 1. The molecule has 3 aromatic rings. The molecule has 1 atom stereocenters. The first kappa shape index (κ1) is 38.2. The second kappa shape index (κ2) is 16.1. The highest BCUT2D eigenvalue weighted by molar-refractivity contribution is 6.30. The molecule has 52 heavy (non-hydrogen) atoms. The van der Waals surface area contributed by atoms with Crippen LogP contribution in [0.4, 0.5) is 26.8 Å². The third kappa shape index (κ3) is 10.7. The molecule has 0 aliphatic carbocycles. The predicted octanol–water partition coefficient (Wildman–Crippen LogP) is 7.12. The van der Waals surface area contributed by atoms with Gasteiger partial charge in [-0.2, -0.15) is 0 Å². The number of pyridine rings is 1. The number of carbonyl (C=O) groups excluding carboxylic acids is 4. The molecule has 0 radical (unpaired) electrons. The number of likely N-dealkylation sites (tertiary alicyclic amines) is 1. The summed E-state index contributed by atoms with van der Waals surface area (Å²) in [7, 11) is 0. The first-order valence-electron chi connectivity index (χ1n) is 17.4. The van der Waals surface area contributed by atoms with Gasteiger partial charge in [0.2, 0.25) is 0 Å². The molecule has 0 spiro atoms. The lowest BCUT2D eigenvalue weighted by Crippen LogP contribution is -2.44. The summed E-state index contributed by atoms with van der Waals surface area (Å²) in [5.74, 6) is -0.257. The average Bonchev–Trinajstić information content (AvgIpc) is 3.53. The van der Waals surface area contributed by atoms with Gasteiger partial charge in [0, 0.05) is 57.0 Å². The molecule has 2 aliphatic heterocycles. The van der Waals surface area contributed by atoms with Crippen molar-refractivity contribution in [1.82, 2.24) is 15.2 Å². The van der Waals surface area contributed by atoms with E-state index in [9.17, 15) is 19.2 Å². The minimum Gasteiger partial charge on any atom is -0.489 e. The fourth-order valence-corrected chi connectivity index (χ4v) is 5.97. The van der Waals surface area contributed by atoms with E-state index in [4.69, 9.17) is 25.8 Å². The number of rotatable bonds is 8. The number of ether oxygens (including phenoxy) is 3. The van der Waals surface area contributed by atoms with Gasteiger partial charge in [-0.1, -0.05) is 23.7 Å². The largest absolute Gasteiger partial charge is 0.489 e. The SMILES string of the molecule is CC(C)(C)OC(=O)N[C@H]1CCN(c2ccc(C(=O)Nc3ccccc3C(=O)Nc3ccc(Cl)cn3)c(OC3CCN(C(=O)OC(C)(C)C)CC3)c2)C1. The van der Waals surface area contributed by atoms with E-state index < -0.39 is 29.1 Å². The van der Waals surface area contributed by atoms with E-state index in [-0.39, 0.29) is 29.4 Å². The minimum atomic E-state index is -0.605. The number of alkyl carbamates (subject to hydrolysis) is 1. The molecule has 0 unspecified atom stereocenters. The van der Waals surface area contributed by atoms with Crippen LogP contribution in [0.3, 0.4) is 0 Å². The maximum atomic E-state index is 13.9. The lowest BCUT2D eigenvalue weighted by molar-refractivity contribution is 0.0126. The normalized spacial score (nSPS) is 16.6. The highest BCUT2D eigenvalue weighted by Gasteiger charge is 2.31. The summed E-state index contributed by atoms with van der Waals surface area (Å²) in [6, 6.07) is 15.1. The van der Waals surface area contributed by atoms with Crippen LogP contribution in [0, 0.1) is 0 Å². The maximum absolute atomic E-state index is 13.9. The Kier molecular flexibility index (Phi) is 11.8. The van der Waals surface area contributed by atoms with Crippen molar-refractivity contribution in [2.75, 3.05) is 41.7 Å².